The highest BCUT2D eigenvalue weighted by molar-refractivity contribution is 5.28. The van der Waals surface area contributed by atoms with E-state index in [1.807, 2.05) is 25.2 Å². The number of hydrogen-bond donors (Lipinski definition) is 1. The zero-order valence-electron chi connectivity index (χ0n) is 7.82. The molecule has 1 rings (SSSR count). The molecule has 0 radical (unpaired) electrons. The van der Waals surface area contributed by atoms with Crippen molar-refractivity contribution in [2.45, 2.75) is 13.0 Å². The van der Waals surface area contributed by atoms with Crippen molar-refractivity contribution in [1.29, 1.82) is 0 Å². The van der Waals surface area contributed by atoms with Crippen LogP contribution in [0.25, 0.3) is 0 Å². The van der Waals surface area contributed by atoms with Gasteiger partial charge in [-0.3, -0.25) is 0 Å². The maximum Gasteiger partial charge on any atom is 0.189 e. The number of allylic oxidation sites excluding steroid dienone is 2. The lowest BCUT2D eigenvalue weighted by molar-refractivity contribution is -0.0398. The van der Waals surface area contributed by atoms with Crippen molar-refractivity contribution in [3.8, 4) is 0 Å². The number of nitrogens with two attached hydrogens (primary N) is 1. The summed E-state index contributed by atoms with van der Waals surface area (Å²) in [5, 5.41) is 0. The van der Waals surface area contributed by atoms with Gasteiger partial charge in [-0.2, -0.15) is 0 Å². The minimum atomic E-state index is 0.0566. The van der Waals surface area contributed by atoms with Crippen molar-refractivity contribution in [2.24, 2.45) is 5.73 Å². The fraction of sp³-hybridized carbons (Fsp3) is 0.400. The van der Waals surface area contributed by atoms with Crippen molar-refractivity contribution in [3.05, 3.63) is 36.1 Å². The second kappa shape index (κ2) is 4.84. The lowest BCUT2D eigenvalue weighted by Gasteiger charge is -2.11. The largest absolute Gasteiger partial charge is 0.468 e. The Bertz CT molecular complexity index is 243. The third-order valence-electron chi connectivity index (χ3n) is 1.82. The number of hydrogen-bond acceptors (Lipinski definition) is 3. The molecule has 0 aromatic carbocycles. The van der Waals surface area contributed by atoms with E-state index in [9.17, 15) is 0 Å². The predicted molar refractivity (Wildman–Crippen MR) is 51.9 cm³/mol. The Morgan fingerprint density at radius 1 is 1.69 bits per heavy atom. The first-order valence-corrected chi connectivity index (χ1v) is 4.25. The summed E-state index contributed by atoms with van der Waals surface area (Å²) in [4.78, 5) is 0. The van der Waals surface area contributed by atoms with Crippen LogP contribution in [-0.2, 0) is 9.47 Å². The van der Waals surface area contributed by atoms with E-state index in [0.29, 0.717) is 12.3 Å². The first kappa shape index (κ1) is 10.0. The Morgan fingerprint density at radius 2 is 2.46 bits per heavy atom. The highest BCUT2D eigenvalue weighted by Gasteiger charge is 2.04. The third kappa shape index (κ3) is 3.05. The summed E-state index contributed by atoms with van der Waals surface area (Å²) >= 11 is 0. The van der Waals surface area contributed by atoms with Gasteiger partial charge in [-0.25, -0.2) is 0 Å². The molecule has 1 atom stereocenters. The molecule has 0 spiro atoms. The smallest absolute Gasteiger partial charge is 0.189 e. The van der Waals surface area contributed by atoms with Gasteiger partial charge in [0, 0.05) is 12.1 Å². The Labute approximate surface area is 78.5 Å². The predicted octanol–water partition coefficient (Wildman–Crippen LogP) is 1.33. The van der Waals surface area contributed by atoms with Crippen LogP contribution in [0.4, 0.5) is 0 Å². The first-order valence-electron chi connectivity index (χ1n) is 4.25. The summed E-state index contributed by atoms with van der Waals surface area (Å²) in [6.45, 7) is 6.35. The summed E-state index contributed by atoms with van der Waals surface area (Å²) in [5.41, 5.74) is 6.41. The Kier molecular flexibility index (Phi) is 3.73. The fourth-order valence-electron chi connectivity index (χ4n) is 0.964. The van der Waals surface area contributed by atoms with Gasteiger partial charge in [0.15, 0.2) is 6.79 Å². The summed E-state index contributed by atoms with van der Waals surface area (Å²) in [5.74, 6) is 0.584. The molecule has 3 nitrogen and oxygen atoms in total. The molecule has 2 N–H and O–H groups in total. The van der Waals surface area contributed by atoms with E-state index in [4.69, 9.17) is 15.2 Å². The second-order valence-corrected chi connectivity index (χ2v) is 2.84. The molecule has 1 aliphatic heterocycles. The molecule has 13 heavy (non-hydrogen) atoms. The van der Waals surface area contributed by atoms with E-state index >= 15 is 0 Å². The van der Waals surface area contributed by atoms with Crippen LogP contribution in [0.5, 0.6) is 0 Å². The van der Waals surface area contributed by atoms with Gasteiger partial charge in [0.1, 0.15) is 5.76 Å². The normalized spacial score (nSPS) is 30.5. The van der Waals surface area contributed by atoms with E-state index in [-0.39, 0.29) is 12.9 Å². The van der Waals surface area contributed by atoms with Gasteiger partial charge in [-0.15, -0.1) is 0 Å². The number of ether oxygens (including phenoxy) is 2. The molecular formula is C10H15NO2. The van der Waals surface area contributed by atoms with Crippen molar-refractivity contribution >= 4 is 0 Å². The average molecular weight is 181 g/mol. The van der Waals surface area contributed by atoms with Gasteiger partial charge < -0.3 is 15.2 Å². The van der Waals surface area contributed by atoms with Gasteiger partial charge in [0.25, 0.3) is 0 Å². The third-order valence-corrected chi connectivity index (χ3v) is 1.82. The lowest BCUT2D eigenvalue weighted by atomic mass is 10.2. The van der Waals surface area contributed by atoms with Crippen LogP contribution in [0.3, 0.4) is 0 Å². The van der Waals surface area contributed by atoms with E-state index in [0.717, 1.165) is 5.57 Å². The lowest BCUT2D eigenvalue weighted by Crippen LogP contribution is -2.10. The molecule has 72 valence electrons. The molecule has 0 bridgehead atoms. The molecule has 0 fully saturated rings. The van der Waals surface area contributed by atoms with Gasteiger partial charge in [0.05, 0.1) is 6.10 Å². The molecule has 0 aliphatic carbocycles. The molecule has 1 heterocycles. The highest BCUT2D eigenvalue weighted by Crippen LogP contribution is 2.10. The van der Waals surface area contributed by atoms with Crippen LogP contribution >= 0.6 is 0 Å². The van der Waals surface area contributed by atoms with E-state index in [1.54, 1.807) is 0 Å². The summed E-state index contributed by atoms with van der Waals surface area (Å²) in [6.07, 6.45) is 5.80. The monoisotopic (exact) mass is 181 g/mol. The quantitative estimate of drug-likeness (QED) is 0.663. The van der Waals surface area contributed by atoms with Crippen molar-refractivity contribution < 1.29 is 9.47 Å². The van der Waals surface area contributed by atoms with E-state index in [1.165, 1.54) is 0 Å². The zero-order chi connectivity index (χ0) is 9.68. The van der Waals surface area contributed by atoms with Crippen LogP contribution < -0.4 is 5.73 Å². The highest BCUT2D eigenvalue weighted by atomic mass is 16.7. The minimum Gasteiger partial charge on any atom is -0.468 e. The SMILES string of the molecule is C=C1OCOC(C)/C=C\C=C/1CN. The second-order valence-electron chi connectivity index (χ2n) is 2.84. The van der Waals surface area contributed by atoms with Gasteiger partial charge >= 0.3 is 0 Å². The van der Waals surface area contributed by atoms with Gasteiger partial charge in [0.2, 0.25) is 0 Å². The van der Waals surface area contributed by atoms with Crippen molar-refractivity contribution in [1.82, 2.24) is 0 Å². The van der Waals surface area contributed by atoms with E-state index in [2.05, 4.69) is 6.58 Å². The van der Waals surface area contributed by atoms with Crippen molar-refractivity contribution in [3.63, 3.8) is 0 Å². The first-order chi connectivity index (χ1) is 6.24. The Balaban J connectivity index is 2.73. The molecular weight excluding hydrogens is 166 g/mol. The van der Waals surface area contributed by atoms with Crippen molar-refractivity contribution in [2.75, 3.05) is 13.3 Å². The summed E-state index contributed by atoms with van der Waals surface area (Å²) < 4.78 is 10.5. The van der Waals surface area contributed by atoms with Crippen LogP contribution in [0.1, 0.15) is 6.92 Å². The minimum absolute atomic E-state index is 0.0566. The Morgan fingerprint density at radius 3 is 3.15 bits per heavy atom. The fourth-order valence-corrected chi connectivity index (χ4v) is 0.964. The Hall–Kier alpha value is -1.06. The maximum absolute atomic E-state index is 5.52. The molecule has 0 saturated heterocycles. The summed E-state index contributed by atoms with van der Waals surface area (Å²) in [7, 11) is 0. The molecule has 3 heteroatoms. The average Bonchev–Trinajstić information content (AvgIpc) is 2.18. The van der Waals surface area contributed by atoms with Crippen LogP contribution in [0, 0.1) is 0 Å². The molecule has 1 unspecified atom stereocenters. The van der Waals surface area contributed by atoms with E-state index < -0.39 is 0 Å². The summed E-state index contributed by atoms with van der Waals surface area (Å²) in [6, 6.07) is 0. The topological polar surface area (TPSA) is 44.5 Å². The van der Waals surface area contributed by atoms with Gasteiger partial charge in [-0.1, -0.05) is 24.8 Å². The maximum atomic E-state index is 5.52. The number of rotatable bonds is 1. The van der Waals surface area contributed by atoms with Crippen LogP contribution in [-0.4, -0.2) is 19.4 Å². The van der Waals surface area contributed by atoms with Crippen LogP contribution in [0.15, 0.2) is 36.1 Å². The molecule has 0 aromatic rings. The van der Waals surface area contributed by atoms with Gasteiger partial charge in [-0.05, 0) is 6.92 Å². The standard InChI is InChI=1S/C10H15NO2/c1-8-4-3-5-10(6-11)9(2)13-7-12-8/h3-5,8H,2,6-7,11H2,1H3/b4-3-,10-5-. The molecule has 0 aromatic heterocycles. The van der Waals surface area contributed by atoms with Crippen LogP contribution in [0.2, 0.25) is 0 Å². The zero-order valence-corrected chi connectivity index (χ0v) is 7.82. The molecule has 0 saturated carbocycles. The molecule has 1 aliphatic rings. The molecule has 0 amide bonds.